The van der Waals surface area contributed by atoms with E-state index in [4.69, 9.17) is 4.74 Å². The van der Waals surface area contributed by atoms with E-state index in [2.05, 4.69) is 43.4 Å². The topological polar surface area (TPSA) is 21.3 Å². The molecule has 0 bridgehead atoms. The van der Waals surface area contributed by atoms with Gasteiger partial charge in [0, 0.05) is 0 Å². The molecule has 0 fully saturated rings. The Morgan fingerprint density at radius 3 is 2.71 bits per heavy atom. The highest BCUT2D eigenvalue weighted by atomic mass is 16.5. The maximum absolute atomic E-state index is 5.88. The van der Waals surface area contributed by atoms with Crippen LogP contribution in [0.15, 0.2) is 24.3 Å². The van der Waals surface area contributed by atoms with Crippen LogP contribution >= 0.6 is 0 Å². The van der Waals surface area contributed by atoms with Gasteiger partial charge in [0.05, 0.1) is 6.61 Å². The second kappa shape index (κ2) is 8.13. The molecule has 0 radical (unpaired) electrons. The first-order valence-corrected chi connectivity index (χ1v) is 6.66. The van der Waals surface area contributed by atoms with Crippen molar-refractivity contribution in [3.63, 3.8) is 0 Å². The minimum Gasteiger partial charge on any atom is -0.493 e. The molecule has 1 aromatic rings. The first-order chi connectivity index (χ1) is 8.29. The molecule has 1 atom stereocenters. The molecular formula is C15H25NO. The van der Waals surface area contributed by atoms with Crippen LogP contribution in [0.25, 0.3) is 0 Å². The van der Waals surface area contributed by atoms with E-state index in [1.165, 1.54) is 12.0 Å². The van der Waals surface area contributed by atoms with Gasteiger partial charge < -0.3 is 10.1 Å². The van der Waals surface area contributed by atoms with Crippen molar-refractivity contribution in [3.8, 4) is 5.75 Å². The smallest absolute Gasteiger partial charge is 0.122 e. The fraction of sp³-hybridized carbons (Fsp3) is 0.600. The number of benzene rings is 1. The fourth-order valence-corrected chi connectivity index (χ4v) is 1.82. The molecule has 0 saturated heterocycles. The van der Waals surface area contributed by atoms with E-state index in [-0.39, 0.29) is 0 Å². The van der Waals surface area contributed by atoms with Crippen molar-refractivity contribution in [3.05, 3.63) is 29.8 Å². The minimum absolute atomic E-state index is 0.573. The van der Waals surface area contributed by atoms with Crippen LogP contribution in [-0.2, 0) is 0 Å². The number of unbranched alkanes of at least 4 members (excludes halogenated alkanes) is 1. The highest BCUT2D eigenvalue weighted by Crippen LogP contribution is 2.28. The minimum atomic E-state index is 0.573. The van der Waals surface area contributed by atoms with Gasteiger partial charge in [-0.3, -0.25) is 0 Å². The van der Waals surface area contributed by atoms with Crippen molar-refractivity contribution in [1.82, 2.24) is 5.32 Å². The highest BCUT2D eigenvalue weighted by Gasteiger charge is 2.08. The first kappa shape index (κ1) is 14.0. The van der Waals surface area contributed by atoms with E-state index >= 15 is 0 Å². The van der Waals surface area contributed by atoms with Crippen molar-refractivity contribution in [2.24, 2.45) is 0 Å². The maximum Gasteiger partial charge on any atom is 0.122 e. The summed E-state index contributed by atoms with van der Waals surface area (Å²) in [4.78, 5) is 0. The van der Waals surface area contributed by atoms with Gasteiger partial charge in [0.1, 0.15) is 5.75 Å². The molecule has 0 spiro atoms. The molecule has 0 heterocycles. The Balaban J connectivity index is 2.46. The van der Waals surface area contributed by atoms with Gasteiger partial charge in [-0.05, 0) is 50.4 Å². The van der Waals surface area contributed by atoms with Crippen molar-refractivity contribution in [1.29, 1.82) is 0 Å². The zero-order valence-corrected chi connectivity index (χ0v) is 11.3. The Morgan fingerprint density at radius 2 is 2.00 bits per heavy atom. The molecule has 17 heavy (non-hydrogen) atoms. The summed E-state index contributed by atoms with van der Waals surface area (Å²) in [5.74, 6) is 1.63. The lowest BCUT2D eigenvalue weighted by Crippen LogP contribution is -2.09. The second-order valence-corrected chi connectivity index (χ2v) is 4.51. The summed E-state index contributed by atoms with van der Waals surface area (Å²) in [6, 6.07) is 8.40. The van der Waals surface area contributed by atoms with Crippen LogP contribution in [0, 0.1) is 0 Å². The molecule has 96 valence electrons. The molecular weight excluding hydrogens is 210 g/mol. The monoisotopic (exact) mass is 235 g/mol. The number of rotatable bonds is 8. The lowest BCUT2D eigenvalue weighted by atomic mass is 9.98. The van der Waals surface area contributed by atoms with Gasteiger partial charge in [0.15, 0.2) is 0 Å². The molecule has 0 aliphatic heterocycles. The average molecular weight is 235 g/mol. The molecule has 1 N–H and O–H groups in total. The molecule has 1 rings (SSSR count). The standard InChI is InChI=1S/C15H25NO/c1-4-13(2)14-9-5-6-10-15(14)17-12-8-7-11-16-3/h5-6,9-10,13,16H,4,7-8,11-12H2,1-3H3. The summed E-state index contributed by atoms with van der Waals surface area (Å²) >= 11 is 0. The summed E-state index contributed by atoms with van der Waals surface area (Å²) in [6.07, 6.45) is 3.43. The van der Waals surface area contributed by atoms with Crippen LogP contribution in [0.1, 0.15) is 44.6 Å². The first-order valence-electron chi connectivity index (χ1n) is 6.66. The van der Waals surface area contributed by atoms with Gasteiger partial charge in [0.25, 0.3) is 0 Å². The van der Waals surface area contributed by atoms with E-state index < -0.39 is 0 Å². The summed E-state index contributed by atoms with van der Waals surface area (Å²) < 4.78 is 5.88. The van der Waals surface area contributed by atoms with Gasteiger partial charge >= 0.3 is 0 Å². The average Bonchev–Trinajstić information content (AvgIpc) is 2.38. The molecule has 0 aliphatic carbocycles. The lowest BCUT2D eigenvalue weighted by Gasteiger charge is -2.15. The molecule has 2 nitrogen and oxygen atoms in total. The van der Waals surface area contributed by atoms with Crippen LogP contribution in [0.5, 0.6) is 5.75 Å². The van der Waals surface area contributed by atoms with Crippen molar-refractivity contribution in [2.75, 3.05) is 20.2 Å². The van der Waals surface area contributed by atoms with Gasteiger partial charge in [0.2, 0.25) is 0 Å². The Hall–Kier alpha value is -1.02. The van der Waals surface area contributed by atoms with E-state index in [0.29, 0.717) is 5.92 Å². The van der Waals surface area contributed by atoms with Crippen LogP contribution in [-0.4, -0.2) is 20.2 Å². The fourth-order valence-electron chi connectivity index (χ4n) is 1.82. The molecule has 1 unspecified atom stereocenters. The zero-order valence-electron chi connectivity index (χ0n) is 11.3. The largest absolute Gasteiger partial charge is 0.493 e. The van der Waals surface area contributed by atoms with Gasteiger partial charge in [-0.2, -0.15) is 0 Å². The Kier molecular flexibility index (Phi) is 6.71. The van der Waals surface area contributed by atoms with Crippen LogP contribution < -0.4 is 10.1 Å². The van der Waals surface area contributed by atoms with Crippen molar-refractivity contribution < 1.29 is 4.74 Å². The second-order valence-electron chi connectivity index (χ2n) is 4.51. The third-order valence-corrected chi connectivity index (χ3v) is 3.14. The molecule has 2 heteroatoms. The number of hydrogen-bond acceptors (Lipinski definition) is 2. The molecule has 0 aromatic heterocycles. The normalized spacial score (nSPS) is 12.4. The Bertz CT molecular complexity index is 312. The maximum atomic E-state index is 5.88. The van der Waals surface area contributed by atoms with Crippen LogP contribution in [0.2, 0.25) is 0 Å². The molecule has 0 amide bonds. The number of para-hydroxylation sites is 1. The third kappa shape index (κ3) is 4.78. The number of nitrogens with one attached hydrogen (secondary N) is 1. The van der Waals surface area contributed by atoms with E-state index in [0.717, 1.165) is 31.7 Å². The van der Waals surface area contributed by atoms with E-state index in [1.807, 2.05) is 7.05 Å². The zero-order chi connectivity index (χ0) is 12.5. The lowest BCUT2D eigenvalue weighted by molar-refractivity contribution is 0.302. The summed E-state index contributed by atoms with van der Waals surface area (Å²) in [7, 11) is 1.99. The highest BCUT2D eigenvalue weighted by molar-refractivity contribution is 5.35. The van der Waals surface area contributed by atoms with Gasteiger partial charge in [-0.15, -0.1) is 0 Å². The van der Waals surface area contributed by atoms with Gasteiger partial charge in [-0.25, -0.2) is 0 Å². The quantitative estimate of drug-likeness (QED) is 0.695. The Morgan fingerprint density at radius 1 is 1.24 bits per heavy atom. The molecule has 0 saturated carbocycles. The van der Waals surface area contributed by atoms with Gasteiger partial charge in [-0.1, -0.05) is 32.0 Å². The SMILES string of the molecule is CCC(C)c1ccccc1OCCCCNC. The Labute approximate surface area is 105 Å². The van der Waals surface area contributed by atoms with Crippen LogP contribution in [0.3, 0.4) is 0 Å². The molecule has 1 aromatic carbocycles. The van der Waals surface area contributed by atoms with Crippen LogP contribution in [0.4, 0.5) is 0 Å². The van der Waals surface area contributed by atoms with E-state index in [9.17, 15) is 0 Å². The predicted molar refractivity (Wildman–Crippen MR) is 73.8 cm³/mol. The third-order valence-electron chi connectivity index (χ3n) is 3.14. The van der Waals surface area contributed by atoms with E-state index in [1.54, 1.807) is 0 Å². The number of hydrogen-bond donors (Lipinski definition) is 1. The summed E-state index contributed by atoms with van der Waals surface area (Å²) in [5.41, 5.74) is 1.34. The summed E-state index contributed by atoms with van der Waals surface area (Å²) in [5, 5.41) is 3.15. The predicted octanol–water partition coefficient (Wildman–Crippen LogP) is 3.58. The number of ether oxygens (including phenoxy) is 1. The van der Waals surface area contributed by atoms with Crippen molar-refractivity contribution >= 4 is 0 Å². The molecule has 0 aliphatic rings. The van der Waals surface area contributed by atoms with Crippen molar-refractivity contribution in [2.45, 2.75) is 39.0 Å². The summed E-state index contributed by atoms with van der Waals surface area (Å²) in [6.45, 7) is 6.35.